The Morgan fingerprint density at radius 1 is 0.239 bits per heavy atom. The lowest BCUT2D eigenvalue weighted by Gasteiger charge is -2.21. The van der Waals surface area contributed by atoms with Gasteiger partial charge in [-0.2, -0.15) is 0 Å². The molecular weight excluding hydrogens is 553 g/mol. The highest BCUT2D eigenvalue weighted by Crippen LogP contribution is 2.52. The van der Waals surface area contributed by atoms with Gasteiger partial charge in [0.1, 0.15) is 0 Å². The van der Waals surface area contributed by atoms with E-state index in [1.165, 1.54) is 98.7 Å². The molecule has 0 N–H and O–H groups in total. The summed E-state index contributed by atoms with van der Waals surface area (Å²) in [5.74, 6) is 0. The van der Waals surface area contributed by atoms with E-state index < -0.39 is 0 Å². The van der Waals surface area contributed by atoms with Crippen LogP contribution in [0, 0.1) is 0 Å². The van der Waals surface area contributed by atoms with Crippen LogP contribution in [-0.4, -0.2) is 0 Å². The van der Waals surface area contributed by atoms with Crippen LogP contribution in [0.4, 0.5) is 0 Å². The first-order valence-corrected chi connectivity index (χ1v) is 16.0. The third-order valence-corrected chi connectivity index (χ3v) is 10.0. The smallest absolute Gasteiger partial charge is 0.00199 e. The highest BCUT2D eigenvalue weighted by molar-refractivity contribution is 6.27. The molecule has 46 heavy (non-hydrogen) atoms. The predicted molar refractivity (Wildman–Crippen MR) is 197 cm³/mol. The molecule has 0 saturated carbocycles. The van der Waals surface area contributed by atoms with Crippen molar-refractivity contribution in [3.63, 3.8) is 0 Å². The van der Waals surface area contributed by atoms with Crippen molar-refractivity contribution in [2.24, 2.45) is 0 Å². The fourth-order valence-corrected chi connectivity index (χ4v) is 8.04. The van der Waals surface area contributed by atoms with Crippen molar-refractivity contribution in [3.05, 3.63) is 170 Å². The molecule has 1 aliphatic rings. The minimum Gasteiger partial charge on any atom is -0.0622 e. The molecule has 9 aromatic rings. The Kier molecular flexibility index (Phi) is 5.38. The van der Waals surface area contributed by atoms with Crippen molar-refractivity contribution in [2.45, 2.75) is 0 Å². The first-order chi connectivity index (χ1) is 22.8. The molecule has 0 bridgehead atoms. The van der Waals surface area contributed by atoms with Crippen LogP contribution >= 0.6 is 0 Å². The molecule has 0 heterocycles. The van der Waals surface area contributed by atoms with Crippen LogP contribution < -0.4 is 0 Å². The van der Waals surface area contributed by atoms with Crippen molar-refractivity contribution in [1.82, 2.24) is 0 Å². The van der Waals surface area contributed by atoms with Crippen molar-refractivity contribution < 1.29 is 0 Å². The summed E-state index contributed by atoms with van der Waals surface area (Å²) in [5, 5.41) is 10.3. The van der Waals surface area contributed by atoms with Gasteiger partial charge in [0.05, 0.1) is 0 Å². The van der Waals surface area contributed by atoms with Gasteiger partial charge < -0.3 is 0 Å². The summed E-state index contributed by atoms with van der Waals surface area (Å²) in [6, 6.07) is 62.8. The van der Waals surface area contributed by atoms with E-state index in [1.54, 1.807) is 0 Å². The number of fused-ring (bicyclic) bond motifs is 6. The van der Waals surface area contributed by atoms with E-state index in [-0.39, 0.29) is 0 Å². The van der Waals surface area contributed by atoms with Gasteiger partial charge >= 0.3 is 0 Å². The van der Waals surface area contributed by atoms with Gasteiger partial charge in [-0.15, -0.1) is 0 Å². The lowest BCUT2D eigenvalue weighted by Crippen LogP contribution is -1.93. The third kappa shape index (κ3) is 3.56. The van der Waals surface area contributed by atoms with Crippen LogP contribution in [0.25, 0.3) is 98.7 Å². The zero-order chi connectivity index (χ0) is 30.2. The Balaban J connectivity index is 1.37. The second-order valence-electron chi connectivity index (χ2n) is 12.4. The molecular formula is C46H28. The molecule has 0 amide bonds. The van der Waals surface area contributed by atoms with Crippen LogP contribution in [-0.2, 0) is 0 Å². The van der Waals surface area contributed by atoms with Gasteiger partial charge in [-0.3, -0.25) is 0 Å². The SMILES string of the molecule is c1ccc(-c2ccc3c(-c4ccc5c6c(cccc46)-c4ccccc4-5)c4ccccc4c(-c4cccc5ccccc45)c3c2)cc1. The zero-order valence-corrected chi connectivity index (χ0v) is 25.2. The van der Waals surface area contributed by atoms with Gasteiger partial charge in [0.2, 0.25) is 0 Å². The minimum atomic E-state index is 1.23. The summed E-state index contributed by atoms with van der Waals surface area (Å²) in [5.41, 5.74) is 12.9. The summed E-state index contributed by atoms with van der Waals surface area (Å²) in [4.78, 5) is 0. The molecule has 10 rings (SSSR count). The van der Waals surface area contributed by atoms with Gasteiger partial charge in [0.25, 0.3) is 0 Å². The highest BCUT2D eigenvalue weighted by atomic mass is 14.3. The normalized spacial score (nSPS) is 11.9. The molecule has 0 nitrogen and oxygen atoms in total. The lowest BCUT2D eigenvalue weighted by molar-refractivity contribution is 1.64. The molecule has 0 heteroatoms. The van der Waals surface area contributed by atoms with E-state index in [0.717, 1.165) is 0 Å². The van der Waals surface area contributed by atoms with E-state index >= 15 is 0 Å². The Morgan fingerprint density at radius 3 is 1.54 bits per heavy atom. The van der Waals surface area contributed by atoms with Crippen LogP contribution in [0.1, 0.15) is 0 Å². The monoisotopic (exact) mass is 580 g/mol. The number of benzene rings is 9. The average molecular weight is 581 g/mol. The maximum absolute atomic E-state index is 2.42. The van der Waals surface area contributed by atoms with Crippen LogP contribution in [0.3, 0.4) is 0 Å². The van der Waals surface area contributed by atoms with Gasteiger partial charge in [0, 0.05) is 0 Å². The number of hydrogen-bond donors (Lipinski definition) is 0. The molecule has 0 saturated heterocycles. The molecule has 212 valence electrons. The topological polar surface area (TPSA) is 0 Å². The molecule has 0 radical (unpaired) electrons. The van der Waals surface area contributed by atoms with Gasteiger partial charge in [-0.1, -0.05) is 164 Å². The van der Waals surface area contributed by atoms with Crippen LogP contribution in [0.15, 0.2) is 170 Å². The van der Waals surface area contributed by atoms with E-state index in [4.69, 9.17) is 0 Å². The van der Waals surface area contributed by atoms with Crippen LogP contribution in [0.5, 0.6) is 0 Å². The summed E-state index contributed by atoms with van der Waals surface area (Å²) >= 11 is 0. The maximum atomic E-state index is 2.42. The molecule has 0 fully saturated rings. The predicted octanol–water partition coefficient (Wildman–Crippen LogP) is 12.9. The van der Waals surface area contributed by atoms with Crippen molar-refractivity contribution in [1.29, 1.82) is 0 Å². The molecule has 0 atom stereocenters. The molecule has 0 aliphatic heterocycles. The van der Waals surface area contributed by atoms with Gasteiger partial charge in [-0.05, 0) is 105 Å². The second-order valence-corrected chi connectivity index (χ2v) is 12.4. The Bertz CT molecular complexity index is 2640. The summed E-state index contributed by atoms with van der Waals surface area (Å²) in [6.45, 7) is 0. The Labute approximate surface area is 267 Å². The van der Waals surface area contributed by atoms with E-state index in [2.05, 4.69) is 170 Å². The quantitative estimate of drug-likeness (QED) is 0.182. The van der Waals surface area contributed by atoms with Crippen LogP contribution in [0.2, 0.25) is 0 Å². The number of hydrogen-bond acceptors (Lipinski definition) is 0. The first-order valence-electron chi connectivity index (χ1n) is 16.0. The zero-order valence-electron chi connectivity index (χ0n) is 25.2. The van der Waals surface area contributed by atoms with Crippen molar-refractivity contribution in [2.75, 3.05) is 0 Å². The standard InChI is InChI=1S/C46H28/c1-2-12-29(13-3-1)31-24-25-42-43(28-31)46(35-21-10-15-30-14-4-5-16-32(30)35)38-20-9-8-19-37(38)45(42)41-27-26-40-34-18-7-6-17-33(34)36-22-11-23-39(41)44(36)40/h1-28H. The van der Waals surface area contributed by atoms with Crippen molar-refractivity contribution >= 4 is 43.1 Å². The fraction of sp³-hybridized carbons (Fsp3) is 0. The number of rotatable bonds is 3. The van der Waals surface area contributed by atoms with Gasteiger partial charge in [-0.25, -0.2) is 0 Å². The summed E-state index contributed by atoms with van der Waals surface area (Å²) in [6.07, 6.45) is 0. The second kappa shape index (κ2) is 9.76. The van der Waals surface area contributed by atoms with Gasteiger partial charge in [0.15, 0.2) is 0 Å². The maximum Gasteiger partial charge on any atom is -0.00199 e. The molecule has 0 spiro atoms. The molecule has 0 aromatic heterocycles. The van der Waals surface area contributed by atoms with E-state index in [1.807, 2.05) is 0 Å². The third-order valence-electron chi connectivity index (χ3n) is 10.0. The molecule has 0 unspecified atom stereocenters. The summed E-state index contributed by atoms with van der Waals surface area (Å²) in [7, 11) is 0. The van der Waals surface area contributed by atoms with E-state index in [9.17, 15) is 0 Å². The summed E-state index contributed by atoms with van der Waals surface area (Å²) < 4.78 is 0. The van der Waals surface area contributed by atoms with E-state index in [0.29, 0.717) is 0 Å². The Morgan fingerprint density at radius 2 is 0.739 bits per heavy atom. The Hall–Kier alpha value is -5.98. The highest BCUT2D eigenvalue weighted by Gasteiger charge is 2.25. The minimum absolute atomic E-state index is 1.23. The molecule has 9 aromatic carbocycles. The fourth-order valence-electron chi connectivity index (χ4n) is 8.04. The molecule has 1 aliphatic carbocycles. The lowest BCUT2D eigenvalue weighted by atomic mass is 9.82. The van der Waals surface area contributed by atoms with Crippen molar-refractivity contribution in [3.8, 4) is 55.6 Å². The largest absolute Gasteiger partial charge is 0.0622 e. The first kappa shape index (κ1) is 25.4. The average Bonchev–Trinajstić information content (AvgIpc) is 3.46.